The highest BCUT2D eigenvalue weighted by atomic mass is 32.1. The Morgan fingerprint density at radius 1 is 1.52 bits per heavy atom. The van der Waals surface area contributed by atoms with Gasteiger partial charge in [-0.25, -0.2) is 4.98 Å². The predicted molar refractivity (Wildman–Crippen MR) is 80.9 cm³/mol. The van der Waals surface area contributed by atoms with Crippen LogP contribution in [0.4, 0.5) is 0 Å². The Balaban J connectivity index is 1.48. The van der Waals surface area contributed by atoms with Gasteiger partial charge in [-0.1, -0.05) is 12.1 Å². The highest BCUT2D eigenvalue weighted by Gasteiger charge is 2.21. The molecule has 0 amide bonds. The van der Waals surface area contributed by atoms with Gasteiger partial charge in [-0.2, -0.15) is 4.98 Å². The number of nitrogens with zero attached hydrogens (tertiary/aromatic N) is 4. The van der Waals surface area contributed by atoms with E-state index < -0.39 is 0 Å². The molecule has 3 heterocycles. The molecule has 3 rings (SSSR count). The Bertz CT molecular complexity index is 541. The van der Waals surface area contributed by atoms with Gasteiger partial charge >= 0.3 is 0 Å². The van der Waals surface area contributed by atoms with Crippen molar-refractivity contribution in [1.29, 1.82) is 0 Å². The molecule has 1 N–H and O–H groups in total. The Morgan fingerprint density at radius 2 is 2.48 bits per heavy atom. The molecule has 1 aliphatic heterocycles. The number of aromatic nitrogens is 3. The third-order valence-electron chi connectivity index (χ3n) is 3.74. The molecule has 0 spiro atoms. The molecule has 0 bridgehead atoms. The fourth-order valence-corrected chi connectivity index (χ4v) is 3.20. The van der Waals surface area contributed by atoms with E-state index in [1.807, 2.05) is 12.4 Å². The van der Waals surface area contributed by atoms with E-state index >= 15 is 0 Å². The lowest BCUT2D eigenvalue weighted by molar-refractivity contribution is 0.177. The van der Waals surface area contributed by atoms with E-state index in [1.165, 1.54) is 12.8 Å². The summed E-state index contributed by atoms with van der Waals surface area (Å²) in [5, 5.41) is 9.73. The minimum absolute atomic E-state index is 0.512. The number of hydrogen-bond acceptors (Lipinski definition) is 7. The van der Waals surface area contributed by atoms with Gasteiger partial charge in [-0.05, 0) is 19.4 Å². The Hall–Kier alpha value is -1.31. The normalized spacial score (nSPS) is 20.0. The fourth-order valence-electron chi connectivity index (χ4n) is 2.64. The average molecular weight is 307 g/mol. The van der Waals surface area contributed by atoms with Crippen LogP contribution >= 0.6 is 11.3 Å². The van der Waals surface area contributed by atoms with Crippen molar-refractivity contribution in [3.63, 3.8) is 0 Å². The summed E-state index contributed by atoms with van der Waals surface area (Å²) in [5.74, 6) is 1.52. The number of piperidine rings is 1. The van der Waals surface area contributed by atoms with Gasteiger partial charge in [0.15, 0.2) is 5.82 Å². The number of thiazole rings is 1. The van der Waals surface area contributed by atoms with E-state index in [4.69, 9.17) is 4.52 Å². The standard InChI is InChI=1S/C14H21N5OS/c1-2-14-17-13(18-20-14)8-19-5-3-4-11(7-19)15-6-12-9-21-10-16-12/h9-11,15H,2-8H2,1H3/t11-/m1/s1. The Labute approximate surface area is 128 Å². The minimum Gasteiger partial charge on any atom is -0.339 e. The van der Waals surface area contributed by atoms with Crippen molar-refractivity contribution in [2.24, 2.45) is 0 Å². The first-order chi connectivity index (χ1) is 10.3. The highest BCUT2D eigenvalue weighted by molar-refractivity contribution is 7.07. The van der Waals surface area contributed by atoms with Crippen LogP contribution in [0.5, 0.6) is 0 Å². The third-order valence-corrected chi connectivity index (χ3v) is 4.37. The van der Waals surface area contributed by atoms with Crippen molar-refractivity contribution in [2.75, 3.05) is 13.1 Å². The maximum Gasteiger partial charge on any atom is 0.226 e. The quantitative estimate of drug-likeness (QED) is 0.878. The number of rotatable bonds is 6. The molecule has 0 aliphatic carbocycles. The van der Waals surface area contributed by atoms with Gasteiger partial charge in [0.2, 0.25) is 5.89 Å². The average Bonchev–Trinajstić information content (AvgIpc) is 3.17. The summed E-state index contributed by atoms with van der Waals surface area (Å²) in [5.41, 5.74) is 3.01. The first-order valence-corrected chi connectivity index (χ1v) is 8.42. The van der Waals surface area contributed by atoms with Crippen molar-refractivity contribution < 1.29 is 4.52 Å². The van der Waals surface area contributed by atoms with Gasteiger partial charge in [0.1, 0.15) is 0 Å². The van der Waals surface area contributed by atoms with Gasteiger partial charge < -0.3 is 9.84 Å². The van der Waals surface area contributed by atoms with E-state index in [2.05, 4.69) is 30.7 Å². The van der Waals surface area contributed by atoms with Crippen LogP contribution in [-0.2, 0) is 19.5 Å². The van der Waals surface area contributed by atoms with E-state index in [1.54, 1.807) is 11.3 Å². The Kier molecular flexibility index (Phi) is 4.95. The molecule has 1 aliphatic rings. The summed E-state index contributed by atoms with van der Waals surface area (Å²) < 4.78 is 5.17. The van der Waals surface area contributed by atoms with Crippen molar-refractivity contribution in [1.82, 2.24) is 25.3 Å². The van der Waals surface area contributed by atoms with Crippen molar-refractivity contribution in [3.05, 3.63) is 28.3 Å². The van der Waals surface area contributed by atoms with Crippen LogP contribution in [0.1, 0.15) is 37.2 Å². The predicted octanol–water partition coefficient (Wildman–Crippen LogP) is 1.84. The lowest BCUT2D eigenvalue weighted by atomic mass is 10.1. The SMILES string of the molecule is CCc1nc(CN2CCC[C@@H](NCc3cscn3)C2)no1. The fraction of sp³-hybridized carbons (Fsp3) is 0.643. The minimum atomic E-state index is 0.512. The highest BCUT2D eigenvalue weighted by Crippen LogP contribution is 2.13. The third kappa shape index (κ3) is 4.09. The van der Waals surface area contributed by atoms with Gasteiger partial charge in [-0.15, -0.1) is 11.3 Å². The number of nitrogens with one attached hydrogen (secondary N) is 1. The molecule has 2 aromatic rings. The van der Waals surface area contributed by atoms with Crippen molar-refractivity contribution in [2.45, 2.75) is 45.3 Å². The van der Waals surface area contributed by atoms with E-state index in [0.717, 1.165) is 50.0 Å². The summed E-state index contributed by atoms with van der Waals surface area (Å²) >= 11 is 1.64. The summed E-state index contributed by atoms with van der Waals surface area (Å²) in [6.07, 6.45) is 3.21. The zero-order valence-electron chi connectivity index (χ0n) is 12.3. The molecule has 1 fully saturated rings. The van der Waals surface area contributed by atoms with Gasteiger partial charge in [0.05, 0.1) is 17.7 Å². The zero-order valence-corrected chi connectivity index (χ0v) is 13.1. The van der Waals surface area contributed by atoms with Crippen LogP contribution in [0.2, 0.25) is 0 Å². The summed E-state index contributed by atoms with van der Waals surface area (Å²) in [4.78, 5) is 11.1. The molecule has 2 aromatic heterocycles. The van der Waals surface area contributed by atoms with Crippen LogP contribution in [-0.4, -0.2) is 39.2 Å². The maximum atomic E-state index is 5.17. The molecule has 21 heavy (non-hydrogen) atoms. The van der Waals surface area contributed by atoms with Crippen molar-refractivity contribution >= 4 is 11.3 Å². The number of likely N-dealkylation sites (tertiary alicyclic amines) is 1. The van der Waals surface area contributed by atoms with Crippen LogP contribution in [0.3, 0.4) is 0 Å². The molecular formula is C14H21N5OS. The second-order valence-corrected chi connectivity index (χ2v) is 6.11. The van der Waals surface area contributed by atoms with Crippen LogP contribution in [0.25, 0.3) is 0 Å². The number of hydrogen-bond donors (Lipinski definition) is 1. The molecule has 7 heteroatoms. The topological polar surface area (TPSA) is 67.1 Å². The molecule has 0 saturated carbocycles. The smallest absolute Gasteiger partial charge is 0.226 e. The summed E-state index contributed by atoms with van der Waals surface area (Å²) in [6.45, 7) is 5.78. The molecule has 0 aromatic carbocycles. The van der Waals surface area contributed by atoms with Crippen LogP contribution in [0.15, 0.2) is 15.4 Å². The first-order valence-electron chi connectivity index (χ1n) is 7.47. The van der Waals surface area contributed by atoms with Crippen LogP contribution < -0.4 is 5.32 Å². The molecule has 1 atom stereocenters. The molecule has 0 unspecified atom stereocenters. The molecule has 1 saturated heterocycles. The van der Waals surface area contributed by atoms with E-state index in [-0.39, 0.29) is 0 Å². The van der Waals surface area contributed by atoms with Crippen molar-refractivity contribution in [3.8, 4) is 0 Å². The summed E-state index contributed by atoms with van der Waals surface area (Å²) in [7, 11) is 0. The second-order valence-electron chi connectivity index (χ2n) is 5.39. The van der Waals surface area contributed by atoms with Gasteiger partial charge in [-0.3, -0.25) is 4.90 Å². The summed E-state index contributed by atoms with van der Waals surface area (Å²) in [6, 6.07) is 0.512. The largest absolute Gasteiger partial charge is 0.339 e. The van der Waals surface area contributed by atoms with E-state index in [0.29, 0.717) is 6.04 Å². The monoisotopic (exact) mass is 307 g/mol. The van der Waals surface area contributed by atoms with Gasteiger partial charge in [0.25, 0.3) is 0 Å². The van der Waals surface area contributed by atoms with Gasteiger partial charge in [0, 0.05) is 30.9 Å². The lowest BCUT2D eigenvalue weighted by Crippen LogP contribution is -2.45. The molecule has 6 nitrogen and oxygen atoms in total. The van der Waals surface area contributed by atoms with Crippen LogP contribution in [0, 0.1) is 0 Å². The molecule has 0 radical (unpaired) electrons. The first kappa shape index (κ1) is 14.6. The zero-order chi connectivity index (χ0) is 14.5. The van der Waals surface area contributed by atoms with E-state index in [9.17, 15) is 0 Å². The molecule has 114 valence electrons. The lowest BCUT2D eigenvalue weighted by Gasteiger charge is -2.32. The maximum absolute atomic E-state index is 5.17. The Morgan fingerprint density at radius 3 is 3.24 bits per heavy atom. The number of aryl methyl sites for hydroxylation is 1. The molecular weight excluding hydrogens is 286 g/mol. The second kappa shape index (κ2) is 7.11.